The van der Waals surface area contributed by atoms with Gasteiger partial charge in [0.25, 0.3) is 6.43 Å². The number of aromatic nitrogens is 2. The minimum Gasteiger partial charge on any atom is -0.334 e. The second kappa shape index (κ2) is 7.88. The number of hydrogen-bond donors (Lipinski definition) is 2. The second-order valence-corrected chi connectivity index (χ2v) is 7.25. The average Bonchev–Trinajstić information content (AvgIpc) is 2.90. The molecule has 0 aliphatic heterocycles. The molecule has 1 aromatic heterocycles. The van der Waals surface area contributed by atoms with Gasteiger partial charge in [-0.2, -0.15) is 11.8 Å². The number of nitrogens with one attached hydrogen (secondary N) is 2. The number of anilines is 1. The number of urea groups is 1. The standard InChI is InChI=1S/C12H18F2N4OS2/c1-2-20-8-6-4-3-5-7(8)15-11(19)16-12-18-17-10(21-12)9(13)14/h7-9H,2-6H2,1H3,(H2,15,16,18,19)/t7-,8-/m0/s1. The van der Waals surface area contributed by atoms with Gasteiger partial charge in [0.05, 0.1) is 0 Å². The molecule has 5 nitrogen and oxygen atoms in total. The van der Waals surface area contributed by atoms with E-state index in [4.69, 9.17) is 0 Å². The number of thioether (sulfide) groups is 1. The summed E-state index contributed by atoms with van der Waals surface area (Å²) >= 11 is 2.54. The fourth-order valence-corrected chi connectivity index (χ4v) is 4.14. The van der Waals surface area contributed by atoms with E-state index in [9.17, 15) is 13.6 Å². The smallest absolute Gasteiger partial charge is 0.321 e. The quantitative estimate of drug-likeness (QED) is 0.861. The normalized spacial score (nSPS) is 22.3. The van der Waals surface area contributed by atoms with Gasteiger partial charge in [0, 0.05) is 11.3 Å². The van der Waals surface area contributed by atoms with Crippen LogP contribution < -0.4 is 10.6 Å². The number of nitrogens with zero attached hydrogens (tertiary/aromatic N) is 2. The summed E-state index contributed by atoms with van der Waals surface area (Å²) in [7, 11) is 0. The third-order valence-corrected chi connectivity index (χ3v) is 5.42. The first-order valence-electron chi connectivity index (χ1n) is 6.90. The van der Waals surface area contributed by atoms with E-state index in [1.807, 2.05) is 11.8 Å². The zero-order valence-electron chi connectivity index (χ0n) is 11.6. The van der Waals surface area contributed by atoms with E-state index in [1.54, 1.807) is 0 Å². The first kappa shape index (κ1) is 16.4. The molecule has 0 radical (unpaired) electrons. The maximum atomic E-state index is 12.4. The van der Waals surface area contributed by atoms with Crippen molar-refractivity contribution in [2.24, 2.45) is 0 Å². The van der Waals surface area contributed by atoms with E-state index in [0.29, 0.717) is 16.6 Å². The Morgan fingerprint density at radius 3 is 2.86 bits per heavy atom. The van der Waals surface area contributed by atoms with Gasteiger partial charge < -0.3 is 5.32 Å². The van der Waals surface area contributed by atoms with Crippen molar-refractivity contribution >= 4 is 34.3 Å². The van der Waals surface area contributed by atoms with Gasteiger partial charge in [-0.15, -0.1) is 10.2 Å². The zero-order valence-corrected chi connectivity index (χ0v) is 13.3. The highest BCUT2D eigenvalue weighted by Gasteiger charge is 2.26. The SMILES string of the molecule is CCS[C@H]1CCCC[C@@H]1NC(=O)Nc1nnc(C(F)F)s1. The van der Waals surface area contributed by atoms with Crippen molar-refractivity contribution in [3.8, 4) is 0 Å². The average molecular weight is 336 g/mol. The number of halogens is 2. The Labute approximate surface area is 130 Å². The molecule has 1 aliphatic rings. The molecule has 0 spiro atoms. The predicted molar refractivity (Wildman–Crippen MR) is 81.2 cm³/mol. The minimum atomic E-state index is -2.66. The lowest BCUT2D eigenvalue weighted by Gasteiger charge is -2.31. The van der Waals surface area contributed by atoms with E-state index in [-0.39, 0.29) is 16.2 Å². The van der Waals surface area contributed by atoms with Crippen LogP contribution in [0.2, 0.25) is 0 Å². The highest BCUT2D eigenvalue weighted by Crippen LogP contribution is 2.29. The maximum Gasteiger partial charge on any atom is 0.321 e. The zero-order chi connectivity index (χ0) is 15.2. The molecule has 1 fully saturated rings. The maximum absolute atomic E-state index is 12.4. The van der Waals surface area contributed by atoms with Crippen LogP contribution in [0.5, 0.6) is 0 Å². The summed E-state index contributed by atoms with van der Waals surface area (Å²) in [5.74, 6) is 1.01. The van der Waals surface area contributed by atoms with Crippen LogP contribution >= 0.6 is 23.1 Å². The Kier molecular flexibility index (Phi) is 6.16. The van der Waals surface area contributed by atoms with Crippen LogP contribution in [0.1, 0.15) is 44.0 Å². The molecule has 0 bridgehead atoms. The van der Waals surface area contributed by atoms with Gasteiger partial charge in [0.1, 0.15) is 0 Å². The van der Waals surface area contributed by atoms with E-state index in [0.717, 1.165) is 25.0 Å². The molecule has 1 aliphatic carbocycles. The molecular weight excluding hydrogens is 318 g/mol. The van der Waals surface area contributed by atoms with Crippen molar-refractivity contribution in [3.05, 3.63) is 5.01 Å². The fraction of sp³-hybridized carbons (Fsp3) is 0.750. The summed E-state index contributed by atoms with van der Waals surface area (Å²) in [5, 5.41) is 12.4. The lowest BCUT2D eigenvalue weighted by Crippen LogP contribution is -2.45. The summed E-state index contributed by atoms with van der Waals surface area (Å²) in [6.07, 6.45) is 1.66. The van der Waals surface area contributed by atoms with Crippen LogP contribution in [0.3, 0.4) is 0 Å². The predicted octanol–water partition coefficient (Wildman–Crippen LogP) is 3.66. The molecule has 0 aromatic carbocycles. The summed E-state index contributed by atoms with van der Waals surface area (Å²) in [5.41, 5.74) is 0. The van der Waals surface area contributed by atoms with E-state index < -0.39 is 12.5 Å². The van der Waals surface area contributed by atoms with Crippen LogP contribution in [-0.2, 0) is 0 Å². The monoisotopic (exact) mass is 336 g/mol. The molecular formula is C12H18F2N4OS2. The van der Waals surface area contributed by atoms with Crippen molar-refractivity contribution in [1.29, 1.82) is 0 Å². The fourth-order valence-electron chi connectivity index (χ4n) is 2.35. The second-order valence-electron chi connectivity index (χ2n) is 4.73. The summed E-state index contributed by atoms with van der Waals surface area (Å²) in [4.78, 5) is 11.9. The third-order valence-electron chi connectivity index (χ3n) is 3.25. The third kappa shape index (κ3) is 4.77. The van der Waals surface area contributed by atoms with Crippen molar-refractivity contribution in [1.82, 2.24) is 15.5 Å². The van der Waals surface area contributed by atoms with E-state index in [2.05, 4.69) is 27.8 Å². The Morgan fingerprint density at radius 2 is 2.19 bits per heavy atom. The van der Waals surface area contributed by atoms with Crippen molar-refractivity contribution in [2.45, 2.75) is 50.3 Å². The van der Waals surface area contributed by atoms with Crippen LogP contribution in [0, 0.1) is 0 Å². The van der Waals surface area contributed by atoms with Gasteiger partial charge in [-0.3, -0.25) is 5.32 Å². The molecule has 1 saturated carbocycles. The van der Waals surface area contributed by atoms with Crippen molar-refractivity contribution < 1.29 is 13.6 Å². The van der Waals surface area contributed by atoms with Gasteiger partial charge in [-0.05, 0) is 18.6 Å². The molecule has 21 heavy (non-hydrogen) atoms. The van der Waals surface area contributed by atoms with Gasteiger partial charge in [-0.1, -0.05) is 31.1 Å². The molecule has 2 amide bonds. The summed E-state index contributed by atoms with van der Waals surface area (Å²) in [6, 6.07) is -0.285. The molecule has 1 heterocycles. The summed E-state index contributed by atoms with van der Waals surface area (Å²) < 4.78 is 24.8. The minimum absolute atomic E-state index is 0.0957. The number of alkyl halides is 2. The molecule has 2 rings (SSSR count). The van der Waals surface area contributed by atoms with Crippen LogP contribution in [-0.4, -0.2) is 33.3 Å². The Morgan fingerprint density at radius 1 is 1.43 bits per heavy atom. The molecule has 0 saturated heterocycles. The van der Waals surface area contributed by atoms with Gasteiger partial charge in [0.15, 0.2) is 5.01 Å². The van der Waals surface area contributed by atoms with Gasteiger partial charge in [-0.25, -0.2) is 13.6 Å². The first-order chi connectivity index (χ1) is 10.1. The summed E-state index contributed by atoms with van der Waals surface area (Å²) in [6.45, 7) is 2.10. The van der Waals surface area contributed by atoms with E-state index in [1.165, 1.54) is 6.42 Å². The lowest BCUT2D eigenvalue weighted by molar-refractivity contribution is 0.150. The molecule has 0 unspecified atom stereocenters. The molecule has 118 valence electrons. The lowest BCUT2D eigenvalue weighted by atomic mass is 9.95. The number of hydrogen-bond acceptors (Lipinski definition) is 5. The Bertz CT molecular complexity index is 470. The van der Waals surface area contributed by atoms with Crippen molar-refractivity contribution in [2.75, 3.05) is 11.1 Å². The molecule has 2 N–H and O–H groups in total. The van der Waals surface area contributed by atoms with E-state index >= 15 is 0 Å². The van der Waals surface area contributed by atoms with Gasteiger partial charge in [0.2, 0.25) is 5.13 Å². The van der Waals surface area contributed by atoms with Gasteiger partial charge >= 0.3 is 6.03 Å². The van der Waals surface area contributed by atoms with Crippen LogP contribution in [0.15, 0.2) is 0 Å². The topological polar surface area (TPSA) is 66.9 Å². The first-order valence-corrected chi connectivity index (χ1v) is 8.77. The highest BCUT2D eigenvalue weighted by atomic mass is 32.2. The Balaban J connectivity index is 1.87. The van der Waals surface area contributed by atoms with Crippen molar-refractivity contribution in [3.63, 3.8) is 0 Å². The van der Waals surface area contributed by atoms with Crippen LogP contribution in [0.4, 0.5) is 18.7 Å². The number of carbonyl (C=O) groups excluding carboxylic acids is 1. The molecule has 2 atom stereocenters. The molecule has 1 aromatic rings. The molecule has 9 heteroatoms. The van der Waals surface area contributed by atoms with Crippen LogP contribution in [0.25, 0.3) is 0 Å². The largest absolute Gasteiger partial charge is 0.334 e. The number of rotatable bonds is 5. The number of carbonyl (C=O) groups is 1. The highest BCUT2D eigenvalue weighted by molar-refractivity contribution is 7.99. The number of amides is 2. The Hall–Kier alpha value is -0.960.